The fraction of sp³-hybridized carbons (Fsp3) is 0.545. The lowest BCUT2D eigenvalue weighted by Crippen LogP contribution is -2.44. The van der Waals surface area contributed by atoms with E-state index in [0.29, 0.717) is 31.2 Å². The fourth-order valence-corrected chi connectivity index (χ4v) is 4.55. The molecular weight excluding hydrogens is 446 g/mol. The number of nitrogens with zero attached hydrogens (tertiary/aromatic N) is 7. The fourth-order valence-electron chi connectivity index (χ4n) is 4.55. The third kappa shape index (κ3) is 4.34. The highest BCUT2D eigenvalue weighted by Crippen LogP contribution is 2.30. The van der Waals surface area contributed by atoms with E-state index in [1.165, 1.54) is 16.9 Å². The molecule has 0 aliphatic carbocycles. The van der Waals surface area contributed by atoms with Crippen LogP contribution in [0.3, 0.4) is 0 Å². The van der Waals surface area contributed by atoms with Crippen molar-refractivity contribution in [3.63, 3.8) is 0 Å². The third-order valence-electron chi connectivity index (χ3n) is 6.54. The van der Waals surface area contributed by atoms with Crippen LogP contribution in [-0.2, 0) is 4.74 Å². The SMILES string of the molecule is C[C@H]1COCCN1c1ccn2ncc(C(=O)Nc3cn(C4CCN(C)CC4)nc3C(F)F)c2n1. The van der Waals surface area contributed by atoms with E-state index < -0.39 is 18.0 Å². The maximum atomic E-state index is 13.7. The first kappa shape index (κ1) is 22.7. The van der Waals surface area contributed by atoms with Crippen LogP contribution in [0.2, 0.25) is 0 Å². The number of carbonyl (C=O) groups is 1. The molecule has 0 bridgehead atoms. The van der Waals surface area contributed by atoms with Gasteiger partial charge in [-0.2, -0.15) is 10.2 Å². The van der Waals surface area contributed by atoms with Crippen LogP contribution < -0.4 is 10.2 Å². The summed E-state index contributed by atoms with van der Waals surface area (Å²) >= 11 is 0. The predicted octanol–water partition coefficient (Wildman–Crippen LogP) is 2.61. The minimum Gasteiger partial charge on any atom is -0.377 e. The molecular formula is C22H28F2N8O2. The van der Waals surface area contributed by atoms with E-state index >= 15 is 0 Å². The first-order chi connectivity index (χ1) is 16.4. The Morgan fingerprint density at radius 3 is 2.79 bits per heavy atom. The van der Waals surface area contributed by atoms with Gasteiger partial charge in [0, 0.05) is 18.9 Å². The molecule has 3 aromatic heterocycles. The Balaban J connectivity index is 1.40. The van der Waals surface area contributed by atoms with Crippen molar-refractivity contribution < 1.29 is 18.3 Å². The van der Waals surface area contributed by atoms with Crippen LogP contribution in [0.15, 0.2) is 24.7 Å². The summed E-state index contributed by atoms with van der Waals surface area (Å²) in [6, 6.07) is 2.00. The molecule has 2 fully saturated rings. The van der Waals surface area contributed by atoms with Crippen LogP contribution in [0.4, 0.5) is 20.3 Å². The first-order valence-electron chi connectivity index (χ1n) is 11.5. The van der Waals surface area contributed by atoms with Crippen LogP contribution in [0.5, 0.6) is 0 Å². The summed E-state index contributed by atoms with van der Waals surface area (Å²) in [5.74, 6) is 0.153. The number of likely N-dealkylation sites (tertiary alicyclic amines) is 1. The molecule has 2 saturated heterocycles. The quantitative estimate of drug-likeness (QED) is 0.608. The normalized spacial score (nSPS) is 20.4. The van der Waals surface area contributed by atoms with Crippen LogP contribution in [-0.4, -0.2) is 81.1 Å². The van der Waals surface area contributed by atoms with Gasteiger partial charge >= 0.3 is 0 Å². The van der Waals surface area contributed by atoms with Gasteiger partial charge in [0.1, 0.15) is 11.4 Å². The minimum absolute atomic E-state index is 0.0104. The number of alkyl halides is 2. The number of halogens is 2. The maximum absolute atomic E-state index is 13.7. The molecule has 0 saturated carbocycles. The van der Waals surface area contributed by atoms with Crippen molar-refractivity contribution in [2.45, 2.75) is 38.3 Å². The molecule has 34 heavy (non-hydrogen) atoms. The van der Waals surface area contributed by atoms with Gasteiger partial charge in [0.25, 0.3) is 12.3 Å². The Morgan fingerprint density at radius 2 is 2.06 bits per heavy atom. The lowest BCUT2D eigenvalue weighted by Gasteiger charge is -2.34. The number of piperidine rings is 1. The Hall–Kier alpha value is -3.12. The van der Waals surface area contributed by atoms with E-state index in [1.54, 1.807) is 10.9 Å². The molecule has 0 aromatic carbocycles. The van der Waals surface area contributed by atoms with E-state index in [2.05, 4.69) is 30.3 Å². The number of morpholine rings is 1. The molecule has 0 unspecified atom stereocenters. The van der Waals surface area contributed by atoms with Crippen LogP contribution in [0.1, 0.15) is 48.3 Å². The predicted molar refractivity (Wildman–Crippen MR) is 122 cm³/mol. The van der Waals surface area contributed by atoms with Crippen LogP contribution >= 0.6 is 0 Å². The average molecular weight is 475 g/mol. The number of hydrogen-bond acceptors (Lipinski definition) is 7. The summed E-state index contributed by atoms with van der Waals surface area (Å²) in [5, 5.41) is 10.9. The smallest absolute Gasteiger partial charge is 0.284 e. The van der Waals surface area contributed by atoms with Crippen molar-refractivity contribution in [3.8, 4) is 0 Å². The molecule has 1 N–H and O–H groups in total. The summed E-state index contributed by atoms with van der Waals surface area (Å²) in [4.78, 5) is 22.1. The second-order valence-electron chi connectivity index (χ2n) is 8.93. The molecule has 2 aliphatic rings. The van der Waals surface area contributed by atoms with Gasteiger partial charge in [0.05, 0.1) is 37.2 Å². The number of hydrogen-bond donors (Lipinski definition) is 1. The molecule has 5 rings (SSSR count). The minimum atomic E-state index is -2.81. The number of amides is 1. The zero-order valence-corrected chi connectivity index (χ0v) is 19.2. The van der Waals surface area contributed by atoms with Crippen molar-refractivity contribution in [2.24, 2.45) is 0 Å². The highest BCUT2D eigenvalue weighted by molar-refractivity contribution is 6.08. The number of fused-ring (bicyclic) bond motifs is 1. The van der Waals surface area contributed by atoms with E-state index in [4.69, 9.17) is 4.74 Å². The van der Waals surface area contributed by atoms with Crippen molar-refractivity contribution in [1.29, 1.82) is 0 Å². The van der Waals surface area contributed by atoms with Gasteiger partial charge in [0.2, 0.25) is 0 Å². The first-order valence-corrected chi connectivity index (χ1v) is 11.5. The molecule has 182 valence electrons. The summed E-state index contributed by atoms with van der Waals surface area (Å²) in [7, 11) is 2.03. The number of aromatic nitrogens is 5. The Kier molecular flexibility index (Phi) is 6.17. The van der Waals surface area contributed by atoms with Crippen molar-refractivity contribution in [2.75, 3.05) is 50.1 Å². The number of carbonyl (C=O) groups excluding carboxylic acids is 1. The Morgan fingerprint density at radius 1 is 1.26 bits per heavy atom. The molecule has 0 radical (unpaired) electrons. The standard InChI is InChI=1S/C22H28F2N8O2/c1-14-13-34-10-9-30(14)18-5-8-31-21(27-18)16(11-25-31)22(33)26-17-12-32(28-19(17)20(23)24)15-3-6-29(2)7-4-15/h5,8,11-12,14-15,20H,3-4,6-7,9-10,13H2,1-2H3,(H,26,33)/t14-/m0/s1. The van der Waals surface area contributed by atoms with Crippen molar-refractivity contribution in [1.82, 2.24) is 29.3 Å². The van der Waals surface area contributed by atoms with E-state index in [0.717, 1.165) is 25.9 Å². The molecule has 10 nitrogen and oxygen atoms in total. The number of nitrogens with one attached hydrogen (secondary N) is 1. The number of anilines is 2. The third-order valence-corrected chi connectivity index (χ3v) is 6.54. The average Bonchev–Trinajstić information content (AvgIpc) is 3.44. The highest BCUT2D eigenvalue weighted by atomic mass is 19.3. The lowest BCUT2D eigenvalue weighted by atomic mass is 10.1. The Labute approximate surface area is 195 Å². The maximum Gasteiger partial charge on any atom is 0.284 e. The van der Waals surface area contributed by atoms with Crippen LogP contribution in [0, 0.1) is 0 Å². The van der Waals surface area contributed by atoms with Gasteiger partial charge in [0.15, 0.2) is 11.3 Å². The van der Waals surface area contributed by atoms with Gasteiger partial charge in [-0.25, -0.2) is 18.3 Å². The van der Waals surface area contributed by atoms with Crippen LogP contribution in [0.25, 0.3) is 5.65 Å². The molecule has 5 heterocycles. The summed E-state index contributed by atoms with van der Waals surface area (Å²) in [6.07, 6.45) is 3.46. The van der Waals surface area contributed by atoms with Gasteiger partial charge in [-0.1, -0.05) is 0 Å². The molecule has 2 aliphatic heterocycles. The van der Waals surface area contributed by atoms with Gasteiger partial charge in [-0.05, 0) is 46.0 Å². The van der Waals surface area contributed by atoms with E-state index in [9.17, 15) is 13.6 Å². The Bertz CT molecular complexity index is 1170. The van der Waals surface area contributed by atoms with Gasteiger partial charge in [-0.15, -0.1) is 0 Å². The summed E-state index contributed by atoms with van der Waals surface area (Å²) in [5.41, 5.74) is 0.140. The molecule has 12 heteroatoms. The topological polar surface area (TPSA) is 92.8 Å². The van der Waals surface area contributed by atoms with Gasteiger partial charge < -0.3 is 19.9 Å². The summed E-state index contributed by atoms with van der Waals surface area (Å²) < 4.78 is 36.0. The second-order valence-corrected chi connectivity index (χ2v) is 8.93. The van der Waals surface area contributed by atoms with E-state index in [-0.39, 0.29) is 23.3 Å². The molecule has 0 spiro atoms. The van der Waals surface area contributed by atoms with Crippen molar-refractivity contribution >= 4 is 23.1 Å². The monoisotopic (exact) mass is 474 g/mol. The molecule has 1 amide bonds. The van der Waals surface area contributed by atoms with Gasteiger partial charge in [-0.3, -0.25) is 9.48 Å². The lowest BCUT2D eigenvalue weighted by molar-refractivity contribution is 0.0985. The summed E-state index contributed by atoms with van der Waals surface area (Å²) in [6.45, 7) is 5.66. The van der Waals surface area contributed by atoms with E-state index in [1.807, 2.05) is 20.0 Å². The zero-order valence-electron chi connectivity index (χ0n) is 19.2. The number of rotatable bonds is 5. The molecule has 1 atom stereocenters. The van der Waals surface area contributed by atoms with Crippen molar-refractivity contribution in [3.05, 3.63) is 35.9 Å². The molecule has 3 aromatic rings. The number of ether oxygens (including phenoxy) is 1. The zero-order chi connectivity index (χ0) is 23.8. The largest absolute Gasteiger partial charge is 0.377 e. The highest BCUT2D eigenvalue weighted by Gasteiger charge is 2.27. The second kappa shape index (κ2) is 9.26.